The van der Waals surface area contributed by atoms with Crippen molar-refractivity contribution in [3.63, 3.8) is 0 Å². The highest BCUT2D eigenvalue weighted by Gasteiger charge is 2.01. The molecule has 0 aliphatic rings. The van der Waals surface area contributed by atoms with E-state index < -0.39 is 0 Å². The molecule has 1 atom stereocenters. The van der Waals surface area contributed by atoms with E-state index in [1.54, 1.807) is 0 Å². The van der Waals surface area contributed by atoms with E-state index in [4.69, 9.17) is 0 Å². The van der Waals surface area contributed by atoms with Crippen LogP contribution in [0, 0.1) is 0 Å². The zero-order valence-electron chi connectivity index (χ0n) is 9.90. The Morgan fingerprint density at radius 1 is 1.36 bits per heavy atom. The van der Waals surface area contributed by atoms with Gasteiger partial charge in [0.1, 0.15) is 0 Å². The van der Waals surface area contributed by atoms with E-state index in [-0.39, 0.29) is 6.10 Å². The first-order valence-corrected chi connectivity index (χ1v) is 5.29. The van der Waals surface area contributed by atoms with Crippen molar-refractivity contribution in [1.29, 1.82) is 0 Å². The molecule has 1 N–H and O–H groups in total. The Bertz CT molecular complexity index is 155. The highest BCUT2D eigenvalue weighted by Crippen LogP contribution is 1.96. The quantitative estimate of drug-likeness (QED) is 0.668. The summed E-state index contributed by atoms with van der Waals surface area (Å²) in [4.78, 5) is 4.27. The number of likely N-dealkylation sites (N-methyl/N-ethyl adjacent to an activating group) is 1. The summed E-state index contributed by atoms with van der Waals surface area (Å²) in [6.07, 6.45) is 5.05. The predicted octanol–water partition coefficient (Wildman–Crippen LogP) is 1.15. The van der Waals surface area contributed by atoms with Crippen LogP contribution in [0.2, 0.25) is 0 Å². The third kappa shape index (κ3) is 8.08. The van der Waals surface area contributed by atoms with Gasteiger partial charge in [-0.2, -0.15) is 0 Å². The molecule has 0 aromatic heterocycles. The van der Waals surface area contributed by atoms with Gasteiger partial charge in [0.15, 0.2) is 0 Å². The van der Waals surface area contributed by atoms with Gasteiger partial charge in [-0.05, 0) is 33.6 Å². The summed E-state index contributed by atoms with van der Waals surface area (Å²) < 4.78 is 0. The Balaban J connectivity index is 3.88. The van der Waals surface area contributed by atoms with Crippen LogP contribution in [0.4, 0.5) is 0 Å². The number of hydrogen-bond donors (Lipinski definition) is 1. The van der Waals surface area contributed by atoms with Gasteiger partial charge < -0.3 is 14.9 Å². The van der Waals surface area contributed by atoms with Crippen LogP contribution in [-0.4, -0.2) is 54.7 Å². The molecule has 0 aromatic carbocycles. The molecule has 0 aliphatic carbocycles. The molecule has 0 fully saturated rings. The number of rotatable bonds is 7. The van der Waals surface area contributed by atoms with Crippen molar-refractivity contribution in [1.82, 2.24) is 9.80 Å². The summed E-state index contributed by atoms with van der Waals surface area (Å²) in [5.74, 6) is 0. The lowest BCUT2D eigenvalue weighted by Crippen LogP contribution is -2.27. The number of nitrogens with zero attached hydrogens (tertiary/aromatic N) is 2. The van der Waals surface area contributed by atoms with Crippen LogP contribution >= 0.6 is 0 Å². The first-order valence-electron chi connectivity index (χ1n) is 5.29. The maximum absolute atomic E-state index is 9.27. The molecule has 0 spiro atoms. The third-order valence-electron chi connectivity index (χ3n) is 1.80. The Hall–Kier alpha value is -0.540. The Morgan fingerprint density at radius 3 is 2.43 bits per heavy atom. The minimum absolute atomic E-state index is 0.259. The summed E-state index contributed by atoms with van der Waals surface area (Å²) in [6.45, 7) is 6.64. The average Bonchev–Trinajstić information content (AvgIpc) is 2.02. The second-order valence-corrected chi connectivity index (χ2v) is 3.99. The first kappa shape index (κ1) is 13.5. The van der Waals surface area contributed by atoms with E-state index in [9.17, 15) is 5.11 Å². The van der Waals surface area contributed by atoms with Gasteiger partial charge in [0, 0.05) is 19.6 Å². The van der Waals surface area contributed by atoms with Crippen LogP contribution in [0.3, 0.4) is 0 Å². The molecule has 1 unspecified atom stereocenters. The van der Waals surface area contributed by atoms with Crippen LogP contribution in [0.15, 0.2) is 12.3 Å². The fourth-order valence-corrected chi connectivity index (χ4v) is 1.26. The third-order valence-corrected chi connectivity index (χ3v) is 1.80. The van der Waals surface area contributed by atoms with Crippen molar-refractivity contribution >= 4 is 0 Å². The maximum Gasteiger partial charge on any atom is 0.0686 e. The summed E-state index contributed by atoms with van der Waals surface area (Å²) in [7, 11) is 4.09. The van der Waals surface area contributed by atoms with Gasteiger partial charge in [0.2, 0.25) is 0 Å². The van der Waals surface area contributed by atoms with Crippen molar-refractivity contribution in [3.05, 3.63) is 12.3 Å². The second-order valence-electron chi connectivity index (χ2n) is 3.99. The molecule has 0 rings (SSSR count). The molecule has 0 saturated carbocycles. The van der Waals surface area contributed by atoms with E-state index in [1.807, 2.05) is 21.0 Å². The van der Waals surface area contributed by atoms with Gasteiger partial charge in [-0.25, -0.2) is 0 Å². The number of aliphatic hydroxyl groups is 1. The van der Waals surface area contributed by atoms with Crippen LogP contribution in [0.1, 0.15) is 20.3 Å². The standard InChI is InChI=1S/C11H24N2O/c1-5-7-13(10-11(2)14)9-6-8-12(3)4/h6,9,11,14H,5,7-8,10H2,1-4H3/b9-6+. The maximum atomic E-state index is 9.27. The predicted molar refractivity (Wildman–Crippen MR) is 61.2 cm³/mol. The van der Waals surface area contributed by atoms with Crippen molar-refractivity contribution < 1.29 is 5.11 Å². The summed E-state index contributed by atoms with van der Waals surface area (Å²) in [6, 6.07) is 0. The van der Waals surface area contributed by atoms with Crippen LogP contribution in [0.5, 0.6) is 0 Å². The van der Waals surface area contributed by atoms with Crippen LogP contribution < -0.4 is 0 Å². The van der Waals surface area contributed by atoms with Gasteiger partial charge in [0.25, 0.3) is 0 Å². The molecule has 0 heterocycles. The minimum Gasteiger partial charge on any atom is -0.392 e. The van der Waals surface area contributed by atoms with Crippen LogP contribution in [-0.2, 0) is 0 Å². The molecule has 0 amide bonds. The van der Waals surface area contributed by atoms with Crippen molar-refractivity contribution in [2.24, 2.45) is 0 Å². The Kier molecular flexibility index (Phi) is 7.52. The minimum atomic E-state index is -0.259. The van der Waals surface area contributed by atoms with Crippen molar-refractivity contribution in [2.75, 3.05) is 33.7 Å². The van der Waals surface area contributed by atoms with Gasteiger partial charge in [-0.15, -0.1) is 0 Å². The molecule has 3 heteroatoms. The zero-order chi connectivity index (χ0) is 11.0. The summed E-state index contributed by atoms with van der Waals surface area (Å²) in [5, 5.41) is 9.27. The molecule has 0 bridgehead atoms. The van der Waals surface area contributed by atoms with E-state index in [1.165, 1.54) is 0 Å². The Labute approximate surface area is 88.0 Å². The average molecular weight is 200 g/mol. The van der Waals surface area contributed by atoms with Gasteiger partial charge in [-0.1, -0.05) is 13.0 Å². The van der Waals surface area contributed by atoms with E-state index >= 15 is 0 Å². The fourth-order valence-electron chi connectivity index (χ4n) is 1.26. The van der Waals surface area contributed by atoms with E-state index in [2.05, 4.69) is 29.0 Å². The van der Waals surface area contributed by atoms with Crippen molar-refractivity contribution in [2.45, 2.75) is 26.4 Å². The lowest BCUT2D eigenvalue weighted by Gasteiger charge is -2.21. The molecule has 0 aromatic rings. The molecule has 3 nitrogen and oxygen atoms in total. The second kappa shape index (κ2) is 7.83. The smallest absolute Gasteiger partial charge is 0.0686 e. The molecule has 84 valence electrons. The topological polar surface area (TPSA) is 26.7 Å². The van der Waals surface area contributed by atoms with E-state index in [0.29, 0.717) is 0 Å². The molecule has 14 heavy (non-hydrogen) atoms. The largest absolute Gasteiger partial charge is 0.392 e. The van der Waals surface area contributed by atoms with Crippen LogP contribution in [0.25, 0.3) is 0 Å². The molecular weight excluding hydrogens is 176 g/mol. The van der Waals surface area contributed by atoms with Gasteiger partial charge in [-0.3, -0.25) is 0 Å². The number of aliphatic hydroxyl groups excluding tert-OH is 1. The van der Waals surface area contributed by atoms with Crippen molar-refractivity contribution in [3.8, 4) is 0 Å². The molecular formula is C11H24N2O. The molecule has 0 aliphatic heterocycles. The fraction of sp³-hybridized carbons (Fsp3) is 0.818. The highest BCUT2D eigenvalue weighted by molar-refractivity contribution is 4.84. The monoisotopic (exact) mass is 200 g/mol. The summed E-state index contributed by atoms with van der Waals surface area (Å²) >= 11 is 0. The zero-order valence-corrected chi connectivity index (χ0v) is 9.90. The lowest BCUT2D eigenvalue weighted by molar-refractivity contribution is 0.151. The molecule has 0 radical (unpaired) electrons. The first-order chi connectivity index (χ1) is 6.56. The lowest BCUT2D eigenvalue weighted by atomic mass is 10.3. The normalized spacial score (nSPS) is 13.9. The van der Waals surface area contributed by atoms with Gasteiger partial charge in [0.05, 0.1) is 6.10 Å². The number of hydrogen-bond acceptors (Lipinski definition) is 3. The molecule has 0 saturated heterocycles. The van der Waals surface area contributed by atoms with Gasteiger partial charge >= 0.3 is 0 Å². The SMILES string of the molecule is CCCN(/C=C/CN(C)C)CC(C)O. The highest BCUT2D eigenvalue weighted by atomic mass is 16.3. The Morgan fingerprint density at radius 2 is 2.00 bits per heavy atom. The summed E-state index contributed by atoms with van der Waals surface area (Å²) in [5.41, 5.74) is 0. The van der Waals surface area contributed by atoms with E-state index in [0.717, 1.165) is 26.1 Å².